The molecule has 0 saturated carbocycles. The number of carbonyl (C=O) groups excluding carboxylic acids is 2. The summed E-state index contributed by atoms with van der Waals surface area (Å²) in [5.41, 5.74) is 0.368. The minimum atomic E-state index is -1.30. The van der Waals surface area contributed by atoms with Crippen LogP contribution >= 0.6 is 0 Å². The lowest BCUT2D eigenvalue weighted by Gasteiger charge is -2.20. The average Bonchev–Trinajstić information content (AvgIpc) is 2.56. The Morgan fingerprint density at radius 1 is 1.13 bits per heavy atom. The summed E-state index contributed by atoms with van der Waals surface area (Å²) in [5.74, 6) is -2.54. The number of esters is 1. The molecule has 0 aromatic heterocycles. The summed E-state index contributed by atoms with van der Waals surface area (Å²) in [6.07, 6.45) is 0. The van der Waals surface area contributed by atoms with Gasteiger partial charge in [0.25, 0.3) is 0 Å². The maximum absolute atomic E-state index is 12.7. The molecule has 6 nitrogen and oxygen atoms in total. The van der Waals surface area contributed by atoms with Gasteiger partial charge in [-0.25, -0.2) is 5.21 Å². The van der Waals surface area contributed by atoms with Gasteiger partial charge in [-0.05, 0) is 6.92 Å². The van der Waals surface area contributed by atoms with Gasteiger partial charge in [0.2, 0.25) is 0 Å². The Morgan fingerprint density at radius 3 is 2.35 bits per heavy atom. The Hall–Kier alpha value is -2.54. The van der Waals surface area contributed by atoms with Gasteiger partial charge in [0, 0.05) is 17.2 Å². The SMILES string of the molecule is CCOC(=O)[C@@H](C(=O)c1ccccc1)c1ccccc1[NH+]([O-])O. The van der Waals surface area contributed by atoms with Crippen LogP contribution in [0.15, 0.2) is 54.6 Å². The van der Waals surface area contributed by atoms with Crippen LogP contribution in [0, 0.1) is 5.21 Å². The number of carbonyl (C=O) groups is 2. The number of nitrogens with one attached hydrogen (secondary N) is 1. The van der Waals surface area contributed by atoms with Crippen LogP contribution in [0.2, 0.25) is 0 Å². The lowest BCUT2D eigenvalue weighted by atomic mass is 9.89. The zero-order valence-corrected chi connectivity index (χ0v) is 12.6. The van der Waals surface area contributed by atoms with Crippen molar-refractivity contribution < 1.29 is 24.8 Å². The molecule has 2 aromatic carbocycles. The first-order chi connectivity index (χ1) is 11.1. The fourth-order valence-electron chi connectivity index (χ4n) is 2.31. The number of benzene rings is 2. The molecule has 2 N–H and O–H groups in total. The molecule has 0 amide bonds. The summed E-state index contributed by atoms with van der Waals surface area (Å²) < 4.78 is 4.98. The van der Waals surface area contributed by atoms with Gasteiger partial charge >= 0.3 is 5.97 Å². The van der Waals surface area contributed by atoms with Gasteiger partial charge in [-0.3, -0.25) is 9.59 Å². The quantitative estimate of drug-likeness (QED) is 0.366. The predicted molar refractivity (Wildman–Crippen MR) is 82.4 cm³/mol. The van der Waals surface area contributed by atoms with Crippen LogP contribution in [-0.4, -0.2) is 23.6 Å². The third-order valence-corrected chi connectivity index (χ3v) is 3.34. The third-order valence-electron chi connectivity index (χ3n) is 3.34. The van der Waals surface area contributed by atoms with E-state index in [0.717, 1.165) is 0 Å². The molecule has 0 radical (unpaired) electrons. The molecule has 2 rings (SSSR count). The predicted octanol–water partition coefficient (Wildman–Crippen LogP) is 1.62. The van der Waals surface area contributed by atoms with Crippen LogP contribution in [0.3, 0.4) is 0 Å². The van der Waals surface area contributed by atoms with Crippen LogP contribution in [0.5, 0.6) is 0 Å². The van der Waals surface area contributed by atoms with E-state index < -0.39 is 22.9 Å². The molecule has 0 heterocycles. The summed E-state index contributed by atoms with van der Waals surface area (Å²) >= 11 is 0. The van der Waals surface area contributed by atoms with E-state index in [1.54, 1.807) is 49.4 Å². The molecule has 0 aliphatic rings. The summed E-state index contributed by atoms with van der Waals surface area (Å²) in [6.45, 7) is 1.73. The number of Topliss-reactive ketones (excluding diaryl/α,β-unsaturated/α-hetero) is 1. The second-order valence-electron chi connectivity index (χ2n) is 4.81. The molecule has 0 spiro atoms. The van der Waals surface area contributed by atoms with E-state index in [4.69, 9.17) is 4.74 Å². The van der Waals surface area contributed by atoms with Crippen molar-refractivity contribution in [2.24, 2.45) is 0 Å². The summed E-state index contributed by atoms with van der Waals surface area (Å²) in [7, 11) is 0. The van der Waals surface area contributed by atoms with Crippen molar-refractivity contribution in [3.8, 4) is 0 Å². The van der Waals surface area contributed by atoms with Crippen molar-refractivity contribution in [3.05, 3.63) is 70.9 Å². The first-order valence-electron chi connectivity index (χ1n) is 7.14. The van der Waals surface area contributed by atoms with Gasteiger partial charge < -0.3 is 9.94 Å². The Balaban J connectivity index is 2.52. The number of ether oxygens (including phenoxy) is 1. The molecule has 0 aliphatic carbocycles. The van der Waals surface area contributed by atoms with Gasteiger partial charge in [0.15, 0.2) is 17.4 Å². The van der Waals surface area contributed by atoms with Crippen molar-refractivity contribution in [2.75, 3.05) is 6.61 Å². The molecule has 120 valence electrons. The Kier molecular flexibility index (Phi) is 5.59. The zero-order chi connectivity index (χ0) is 16.8. The van der Waals surface area contributed by atoms with E-state index >= 15 is 0 Å². The van der Waals surface area contributed by atoms with Gasteiger partial charge in [-0.1, -0.05) is 48.5 Å². The molecule has 2 atom stereocenters. The van der Waals surface area contributed by atoms with E-state index in [9.17, 15) is 20.0 Å². The molecule has 2 aromatic rings. The largest absolute Gasteiger partial charge is 0.595 e. The molecule has 0 aliphatic heterocycles. The molecular weight excluding hydrogens is 298 g/mol. The fraction of sp³-hybridized carbons (Fsp3) is 0.176. The van der Waals surface area contributed by atoms with Crippen LogP contribution < -0.4 is 5.23 Å². The molecule has 6 heteroatoms. The molecule has 0 saturated heterocycles. The number of para-hydroxylation sites is 1. The van der Waals surface area contributed by atoms with Gasteiger partial charge in [0.05, 0.1) is 6.61 Å². The zero-order valence-electron chi connectivity index (χ0n) is 12.6. The smallest absolute Gasteiger partial charge is 0.321 e. The highest BCUT2D eigenvalue weighted by atomic mass is 16.8. The number of hydrogen-bond donors (Lipinski definition) is 2. The highest BCUT2D eigenvalue weighted by molar-refractivity contribution is 6.13. The number of hydrogen-bond acceptors (Lipinski definition) is 5. The fourth-order valence-corrected chi connectivity index (χ4v) is 2.31. The van der Waals surface area contributed by atoms with Crippen LogP contribution in [0.25, 0.3) is 0 Å². The van der Waals surface area contributed by atoms with E-state index in [2.05, 4.69) is 0 Å². The molecule has 1 unspecified atom stereocenters. The summed E-state index contributed by atoms with van der Waals surface area (Å²) in [5, 5.41) is 19.5. The lowest BCUT2D eigenvalue weighted by molar-refractivity contribution is -0.991. The van der Waals surface area contributed by atoms with Gasteiger partial charge in [-0.2, -0.15) is 5.23 Å². The van der Waals surface area contributed by atoms with Crippen molar-refractivity contribution in [1.29, 1.82) is 0 Å². The van der Waals surface area contributed by atoms with E-state index in [1.807, 2.05) is 0 Å². The maximum atomic E-state index is 12.7. The Bertz CT molecular complexity index is 684. The molecular formula is C17H17NO5. The summed E-state index contributed by atoms with van der Waals surface area (Å²) in [4.78, 5) is 25.0. The monoisotopic (exact) mass is 315 g/mol. The van der Waals surface area contributed by atoms with Crippen molar-refractivity contribution in [2.45, 2.75) is 12.8 Å². The molecule has 0 fully saturated rings. The minimum absolute atomic E-state index is 0.0881. The van der Waals surface area contributed by atoms with E-state index in [-0.39, 0.29) is 17.9 Å². The van der Waals surface area contributed by atoms with Crippen molar-refractivity contribution >= 4 is 17.4 Å². The lowest BCUT2D eigenvalue weighted by Crippen LogP contribution is -2.99. The topological polar surface area (TPSA) is 91.1 Å². The third kappa shape index (κ3) is 3.81. The second-order valence-corrected chi connectivity index (χ2v) is 4.81. The van der Waals surface area contributed by atoms with Crippen LogP contribution in [0.4, 0.5) is 5.69 Å². The Morgan fingerprint density at radius 2 is 1.74 bits per heavy atom. The highest BCUT2D eigenvalue weighted by Gasteiger charge is 2.34. The minimum Gasteiger partial charge on any atom is -0.595 e. The maximum Gasteiger partial charge on any atom is 0.321 e. The van der Waals surface area contributed by atoms with Crippen LogP contribution in [-0.2, 0) is 9.53 Å². The highest BCUT2D eigenvalue weighted by Crippen LogP contribution is 2.27. The van der Waals surface area contributed by atoms with Crippen LogP contribution in [0.1, 0.15) is 28.8 Å². The molecule has 0 bridgehead atoms. The second kappa shape index (κ2) is 7.64. The molecule has 23 heavy (non-hydrogen) atoms. The van der Waals surface area contributed by atoms with Crippen molar-refractivity contribution in [3.63, 3.8) is 0 Å². The number of quaternary nitrogens is 1. The average molecular weight is 315 g/mol. The number of rotatable bonds is 6. The van der Waals surface area contributed by atoms with Gasteiger partial charge in [0.1, 0.15) is 0 Å². The normalized spacial score (nSPS) is 13.2. The summed E-state index contributed by atoms with van der Waals surface area (Å²) in [6, 6.07) is 14.2. The first kappa shape index (κ1) is 16.8. The van der Waals surface area contributed by atoms with E-state index in [1.165, 1.54) is 12.1 Å². The first-order valence-corrected chi connectivity index (χ1v) is 7.14. The Labute approximate surface area is 133 Å². The standard InChI is InChI=1S/C17H17NO5/c1-2-23-17(20)15(16(19)12-8-4-3-5-9-12)13-10-6-7-11-14(13)18(21)22/h3-11,15,18,21H,2H2,1H3/t15-/m1/s1. The van der Waals surface area contributed by atoms with E-state index in [0.29, 0.717) is 5.56 Å². The van der Waals surface area contributed by atoms with Crippen molar-refractivity contribution in [1.82, 2.24) is 0 Å². The number of ketones is 1. The van der Waals surface area contributed by atoms with Gasteiger partial charge in [-0.15, -0.1) is 0 Å².